The molecule has 1 spiro atoms. The summed E-state index contributed by atoms with van der Waals surface area (Å²) in [6, 6.07) is 78.4. The smallest absolute Gasteiger partial charge is 0.0726 e. The molecular weight excluding hydrogens is 797 g/mol. The third-order valence-electron chi connectivity index (χ3n) is 14.3. The number of allylic oxidation sites excluding steroid dienone is 4. The molecule has 3 aliphatic rings. The second kappa shape index (κ2) is 15.6. The Labute approximate surface area is 388 Å². The van der Waals surface area contributed by atoms with Gasteiger partial charge in [-0.25, -0.2) is 4.99 Å². The first-order valence-electron chi connectivity index (χ1n) is 23.1. The summed E-state index contributed by atoms with van der Waals surface area (Å²) in [7, 11) is 0. The molecule has 0 amide bonds. The SMILES string of the molecule is C/C=C\C=C/C(=Nc1ccc(-c2ccc(N(c3cccc4c3-c3ccccc3C4(C)C)c3cccc4c3-c3ccccc3C43c4ccccc4-c4ccccc43)cc2)cc1)c1ccccc1. The lowest BCUT2D eigenvalue weighted by Crippen LogP contribution is -2.26. The third kappa shape index (κ3) is 5.91. The van der Waals surface area contributed by atoms with Gasteiger partial charge in [-0.1, -0.05) is 208 Å². The van der Waals surface area contributed by atoms with Crippen molar-refractivity contribution in [3.8, 4) is 44.5 Å². The van der Waals surface area contributed by atoms with Crippen LogP contribution in [0.15, 0.2) is 242 Å². The monoisotopic (exact) mass is 844 g/mol. The van der Waals surface area contributed by atoms with Crippen LogP contribution in [0.5, 0.6) is 0 Å². The predicted octanol–water partition coefficient (Wildman–Crippen LogP) is 16.7. The first-order valence-corrected chi connectivity index (χ1v) is 23.1. The second-order valence-electron chi connectivity index (χ2n) is 18.1. The third-order valence-corrected chi connectivity index (χ3v) is 14.3. The van der Waals surface area contributed by atoms with Gasteiger partial charge in [0.15, 0.2) is 0 Å². The van der Waals surface area contributed by atoms with Crippen LogP contribution >= 0.6 is 0 Å². The van der Waals surface area contributed by atoms with Crippen LogP contribution in [0.1, 0.15) is 59.7 Å². The van der Waals surface area contributed by atoms with E-state index in [1.807, 2.05) is 31.2 Å². The van der Waals surface area contributed by atoms with Crippen LogP contribution in [0.4, 0.5) is 22.7 Å². The Morgan fingerprint density at radius 3 is 1.50 bits per heavy atom. The molecule has 0 N–H and O–H groups in total. The summed E-state index contributed by atoms with van der Waals surface area (Å²) in [5.41, 5.74) is 23.9. The summed E-state index contributed by atoms with van der Waals surface area (Å²) in [4.78, 5) is 7.63. The molecule has 0 aliphatic heterocycles. The number of rotatable bonds is 8. The molecule has 66 heavy (non-hydrogen) atoms. The van der Waals surface area contributed by atoms with Gasteiger partial charge in [0, 0.05) is 27.8 Å². The maximum Gasteiger partial charge on any atom is 0.0726 e. The number of fused-ring (bicyclic) bond motifs is 13. The van der Waals surface area contributed by atoms with E-state index in [2.05, 4.69) is 231 Å². The molecule has 12 rings (SSSR count). The highest BCUT2D eigenvalue weighted by Gasteiger charge is 2.52. The molecule has 0 fully saturated rings. The molecule has 2 heteroatoms. The van der Waals surface area contributed by atoms with E-state index in [-0.39, 0.29) is 5.41 Å². The lowest BCUT2D eigenvalue weighted by atomic mass is 9.70. The quantitative estimate of drug-likeness (QED) is 0.110. The first kappa shape index (κ1) is 39.5. The normalized spacial score (nSPS) is 14.5. The number of benzene rings is 9. The number of hydrogen-bond donors (Lipinski definition) is 0. The zero-order valence-electron chi connectivity index (χ0n) is 37.4. The van der Waals surface area contributed by atoms with Crippen molar-refractivity contribution in [2.75, 3.05) is 4.90 Å². The number of anilines is 3. The molecule has 0 unspecified atom stereocenters. The van der Waals surface area contributed by atoms with Crippen molar-refractivity contribution in [2.24, 2.45) is 4.99 Å². The van der Waals surface area contributed by atoms with Gasteiger partial charge in [0.1, 0.15) is 0 Å². The van der Waals surface area contributed by atoms with E-state index in [1.54, 1.807) is 0 Å². The second-order valence-corrected chi connectivity index (χ2v) is 18.1. The lowest BCUT2D eigenvalue weighted by molar-refractivity contribution is 0.660. The topological polar surface area (TPSA) is 15.6 Å². The number of aliphatic imine (C=N–C) groups is 1. The minimum Gasteiger partial charge on any atom is -0.309 e. The maximum atomic E-state index is 5.08. The van der Waals surface area contributed by atoms with Gasteiger partial charge in [-0.15, -0.1) is 0 Å². The van der Waals surface area contributed by atoms with E-state index in [1.165, 1.54) is 78.1 Å². The largest absolute Gasteiger partial charge is 0.309 e. The van der Waals surface area contributed by atoms with E-state index < -0.39 is 5.41 Å². The molecule has 3 aliphatic carbocycles. The van der Waals surface area contributed by atoms with Crippen molar-refractivity contribution >= 4 is 28.5 Å². The zero-order valence-corrected chi connectivity index (χ0v) is 37.4. The molecule has 2 nitrogen and oxygen atoms in total. The molecule has 0 atom stereocenters. The first-order chi connectivity index (χ1) is 32.5. The molecule has 9 aromatic rings. The Morgan fingerprint density at radius 1 is 0.424 bits per heavy atom. The molecule has 0 saturated carbocycles. The standard InChI is InChI=1S/C64H48N2/c1-4-5-7-32-58(45-20-8-6-9-21-45)65-46-39-35-43(36-40-46)44-37-41-47(42-38-44)66(59-33-18-30-56-61(59)50-24-12-14-26-52(50)63(56,2)3)60-34-19-31-57-62(60)51-25-13-17-29-55(51)64(57)53-27-15-10-22-48(53)49-23-11-16-28-54(49)64/h4-42H,1-3H3/b5-4-,32-7-,65-58?. The van der Waals surface area contributed by atoms with Gasteiger partial charge in [0.05, 0.1) is 28.2 Å². The van der Waals surface area contributed by atoms with Gasteiger partial charge in [-0.3, -0.25) is 0 Å². The van der Waals surface area contributed by atoms with Gasteiger partial charge >= 0.3 is 0 Å². The molecule has 314 valence electrons. The molecule has 0 saturated heterocycles. The Balaban J connectivity index is 1.03. The highest BCUT2D eigenvalue weighted by atomic mass is 15.1. The van der Waals surface area contributed by atoms with Gasteiger partial charge in [0.2, 0.25) is 0 Å². The van der Waals surface area contributed by atoms with E-state index >= 15 is 0 Å². The van der Waals surface area contributed by atoms with Gasteiger partial charge in [-0.05, 0) is 116 Å². The molecule has 9 aromatic carbocycles. The van der Waals surface area contributed by atoms with Crippen LogP contribution in [0.3, 0.4) is 0 Å². The van der Waals surface area contributed by atoms with Crippen LogP contribution in [0.25, 0.3) is 44.5 Å². The van der Waals surface area contributed by atoms with Gasteiger partial charge in [0.25, 0.3) is 0 Å². The molecule has 0 heterocycles. The van der Waals surface area contributed by atoms with E-state index in [4.69, 9.17) is 4.99 Å². The van der Waals surface area contributed by atoms with Crippen molar-refractivity contribution in [2.45, 2.75) is 31.6 Å². The zero-order chi connectivity index (χ0) is 44.4. The van der Waals surface area contributed by atoms with Crippen LogP contribution in [-0.2, 0) is 10.8 Å². The van der Waals surface area contributed by atoms with Gasteiger partial charge in [-0.2, -0.15) is 0 Å². The highest BCUT2D eigenvalue weighted by molar-refractivity contribution is 6.10. The summed E-state index contributed by atoms with van der Waals surface area (Å²) in [6.07, 6.45) is 8.18. The van der Waals surface area contributed by atoms with E-state index in [0.29, 0.717) is 0 Å². The summed E-state index contributed by atoms with van der Waals surface area (Å²) in [5.74, 6) is 0. The lowest BCUT2D eigenvalue weighted by Gasteiger charge is -2.32. The van der Waals surface area contributed by atoms with Crippen molar-refractivity contribution in [3.05, 3.63) is 276 Å². The average molecular weight is 845 g/mol. The average Bonchev–Trinajstić information content (AvgIpc) is 3.94. The van der Waals surface area contributed by atoms with Crippen LogP contribution in [-0.4, -0.2) is 5.71 Å². The van der Waals surface area contributed by atoms with Crippen molar-refractivity contribution in [1.82, 2.24) is 0 Å². The molecule has 0 radical (unpaired) electrons. The maximum absolute atomic E-state index is 5.08. The Bertz CT molecular complexity index is 3390. The number of nitrogens with zero attached hydrogens (tertiary/aromatic N) is 2. The summed E-state index contributed by atoms with van der Waals surface area (Å²) < 4.78 is 0. The molecule has 0 bridgehead atoms. The minimum absolute atomic E-state index is 0.148. The fourth-order valence-corrected chi connectivity index (χ4v) is 11.4. The number of hydrogen-bond acceptors (Lipinski definition) is 2. The van der Waals surface area contributed by atoms with Crippen molar-refractivity contribution in [3.63, 3.8) is 0 Å². The van der Waals surface area contributed by atoms with E-state index in [0.717, 1.165) is 33.8 Å². The van der Waals surface area contributed by atoms with Crippen LogP contribution < -0.4 is 4.90 Å². The summed E-state index contributed by atoms with van der Waals surface area (Å²) in [5, 5.41) is 0. The van der Waals surface area contributed by atoms with Crippen LogP contribution in [0, 0.1) is 0 Å². The Morgan fingerprint density at radius 2 is 0.894 bits per heavy atom. The van der Waals surface area contributed by atoms with Crippen molar-refractivity contribution < 1.29 is 0 Å². The fraction of sp³-hybridized carbons (Fsp3) is 0.0781. The van der Waals surface area contributed by atoms with Crippen LogP contribution in [0.2, 0.25) is 0 Å². The Hall–Kier alpha value is -8.07. The van der Waals surface area contributed by atoms with E-state index in [9.17, 15) is 0 Å². The predicted molar refractivity (Wildman–Crippen MR) is 277 cm³/mol. The minimum atomic E-state index is -0.446. The Kier molecular flexibility index (Phi) is 9.33. The molecule has 0 aromatic heterocycles. The summed E-state index contributed by atoms with van der Waals surface area (Å²) >= 11 is 0. The van der Waals surface area contributed by atoms with Crippen molar-refractivity contribution in [1.29, 1.82) is 0 Å². The summed E-state index contributed by atoms with van der Waals surface area (Å²) in [6.45, 7) is 6.76. The molecular formula is C64H48N2. The highest BCUT2D eigenvalue weighted by Crippen LogP contribution is 2.65. The fourth-order valence-electron chi connectivity index (χ4n) is 11.4. The van der Waals surface area contributed by atoms with Gasteiger partial charge < -0.3 is 4.90 Å².